The zero-order valence-corrected chi connectivity index (χ0v) is 16.0. The Morgan fingerprint density at radius 1 is 1.08 bits per heavy atom. The van der Waals surface area contributed by atoms with Gasteiger partial charge in [-0.2, -0.15) is 0 Å². The summed E-state index contributed by atoms with van der Waals surface area (Å²) in [6.45, 7) is 6.17. The van der Waals surface area contributed by atoms with Gasteiger partial charge in [0.05, 0.1) is 27.6 Å². The highest BCUT2D eigenvalue weighted by Crippen LogP contribution is 2.38. The average Bonchev–Trinajstić information content (AvgIpc) is 2.58. The lowest BCUT2D eigenvalue weighted by atomic mass is 9.86. The lowest BCUT2D eigenvalue weighted by Gasteiger charge is -2.45. The molecular weight excluding hydrogens is 357 g/mol. The van der Waals surface area contributed by atoms with Crippen LogP contribution in [0.1, 0.15) is 37.8 Å². The van der Waals surface area contributed by atoms with Gasteiger partial charge in [-0.1, -0.05) is 59.6 Å². The highest BCUT2D eigenvalue weighted by Gasteiger charge is 2.42. The first kappa shape index (κ1) is 18.2. The van der Waals surface area contributed by atoms with E-state index in [1.165, 1.54) is 0 Å². The topological polar surface area (TPSA) is 29.5 Å². The van der Waals surface area contributed by atoms with E-state index < -0.39 is 5.54 Å². The number of carbonyl (C=O) groups is 1. The van der Waals surface area contributed by atoms with E-state index in [2.05, 4.69) is 0 Å². The van der Waals surface area contributed by atoms with Crippen molar-refractivity contribution in [1.82, 2.24) is 4.90 Å². The molecule has 3 nitrogen and oxygen atoms in total. The van der Waals surface area contributed by atoms with Crippen molar-refractivity contribution in [2.24, 2.45) is 0 Å². The normalized spacial score (nSPS) is 21.5. The summed E-state index contributed by atoms with van der Waals surface area (Å²) in [4.78, 5) is 15.1. The molecule has 1 fully saturated rings. The van der Waals surface area contributed by atoms with Crippen LogP contribution in [0.4, 0.5) is 0 Å². The van der Waals surface area contributed by atoms with Gasteiger partial charge in [0.2, 0.25) is 5.91 Å². The molecule has 0 aromatic heterocycles. The van der Waals surface area contributed by atoms with Gasteiger partial charge < -0.3 is 9.64 Å². The summed E-state index contributed by atoms with van der Waals surface area (Å²) in [6, 6.07) is 15.2. The van der Waals surface area contributed by atoms with Gasteiger partial charge in [-0.15, -0.1) is 0 Å². The Kier molecular flexibility index (Phi) is 5.10. The molecule has 1 amide bonds. The van der Waals surface area contributed by atoms with Gasteiger partial charge in [0.25, 0.3) is 0 Å². The summed E-state index contributed by atoms with van der Waals surface area (Å²) in [6.07, 6.45) is -0.171. The molecule has 0 spiro atoms. The second kappa shape index (κ2) is 6.99. The SMILES string of the molecule is CC1OCN(C(C)(C)c2ccc(Cl)c(Cl)c2)C(=O)C1c1ccccc1. The maximum Gasteiger partial charge on any atom is 0.235 e. The Bertz CT molecular complexity index is 777. The third kappa shape index (κ3) is 3.41. The molecule has 132 valence electrons. The van der Waals surface area contributed by atoms with Crippen LogP contribution in [0, 0.1) is 0 Å². The highest BCUT2D eigenvalue weighted by molar-refractivity contribution is 6.42. The van der Waals surface area contributed by atoms with Crippen LogP contribution < -0.4 is 0 Å². The second-order valence-electron chi connectivity index (χ2n) is 6.84. The van der Waals surface area contributed by atoms with Gasteiger partial charge in [-0.3, -0.25) is 4.79 Å². The molecule has 0 saturated carbocycles. The first-order valence-electron chi connectivity index (χ1n) is 8.26. The third-order valence-corrected chi connectivity index (χ3v) is 5.67. The van der Waals surface area contributed by atoms with Crippen molar-refractivity contribution in [2.45, 2.75) is 38.3 Å². The fourth-order valence-electron chi connectivity index (χ4n) is 3.26. The van der Waals surface area contributed by atoms with Crippen LogP contribution in [0.5, 0.6) is 0 Å². The fraction of sp³-hybridized carbons (Fsp3) is 0.350. The van der Waals surface area contributed by atoms with Gasteiger partial charge in [-0.05, 0) is 44.0 Å². The summed E-state index contributed by atoms with van der Waals surface area (Å²) in [5, 5.41) is 0.976. The van der Waals surface area contributed by atoms with Crippen molar-refractivity contribution in [1.29, 1.82) is 0 Å². The van der Waals surface area contributed by atoms with Crippen molar-refractivity contribution < 1.29 is 9.53 Å². The quantitative estimate of drug-likeness (QED) is 0.733. The maximum atomic E-state index is 13.3. The Labute approximate surface area is 158 Å². The van der Waals surface area contributed by atoms with Crippen molar-refractivity contribution in [3.8, 4) is 0 Å². The number of hydrogen-bond donors (Lipinski definition) is 0. The molecule has 5 heteroatoms. The van der Waals surface area contributed by atoms with E-state index in [0.29, 0.717) is 10.0 Å². The highest BCUT2D eigenvalue weighted by atomic mass is 35.5. The summed E-state index contributed by atoms with van der Waals surface area (Å²) in [7, 11) is 0. The third-order valence-electron chi connectivity index (χ3n) is 4.93. The van der Waals surface area contributed by atoms with Crippen LogP contribution in [0.2, 0.25) is 10.0 Å². The zero-order chi connectivity index (χ0) is 18.2. The zero-order valence-electron chi connectivity index (χ0n) is 14.5. The molecule has 2 atom stereocenters. The van der Waals surface area contributed by atoms with E-state index in [9.17, 15) is 4.79 Å². The number of amides is 1. The van der Waals surface area contributed by atoms with Gasteiger partial charge in [0.15, 0.2) is 0 Å². The molecule has 2 unspecified atom stereocenters. The molecule has 1 aliphatic rings. The summed E-state index contributed by atoms with van der Waals surface area (Å²) in [5.41, 5.74) is 1.31. The predicted octanol–water partition coefficient (Wildman–Crippen LogP) is 5.22. The minimum atomic E-state index is -0.571. The van der Waals surface area contributed by atoms with Crippen molar-refractivity contribution >= 4 is 29.1 Å². The monoisotopic (exact) mass is 377 g/mol. The number of hydrogen-bond acceptors (Lipinski definition) is 2. The molecule has 0 radical (unpaired) electrons. The lowest BCUT2D eigenvalue weighted by Crippen LogP contribution is -2.54. The van der Waals surface area contributed by atoms with Crippen LogP contribution in [0.15, 0.2) is 48.5 Å². The first-order valence-corrected chi connectivity index (χ1v) is 9.01. The minimum Gasteiger partial charge on any atom is -0.357 e. The van der Waals surface area contributed by atoms with Crippen molar-refractivity contribution in [3.05, 3.63) is 69.7 Å². The first-order chi connectivity index (χ1) is 11.8. The minimum absolute atomic E-state index is 0.0565. The second-order valence-corrected chi connectivity index (χ2v) is 7.66. The summed E-state index contributed by atoms with van der Waals surface area (Å²) >= 11 is 12.2. The maximum absolute atomic E-state index is 13.3. The predicted molar refractivity (Wildman–Crippen MR) is 101 cm³/mol. The van der Waals surface area contributed by atoms with Crippen molar-refractivity contribution in [3.63, 3.8) is 0 Å². The number of benzene rings is 2. The largest absolute Gasteiger partial charge is 0.357 e. The number of ether oxygens (including phenoxy) is 1. The summed E-state index contributed by atoms with van der Waals surface area (Å²) < 4.78 is 5.94. The molecule has 25 heavy (non-hydrogen) atoms. The van der Waals surface area contributed by atoms with E-state index in [-0.39, 0.29) is 24.7 Å². The molecule has 0 aliphatic carbocycles. The van der Waals surface area contributed by atoms with Gasteiger partial charge in [0.1, 0.15) is 6.73 Å². The Morgan fingerprint density at radius 2 is 1.76 bits per heavy atom. The van der Waals surface area contributed by atoms with Crippen LogP contribution in [-0.4, -0.2) is 23.6 Å². The van der Waals surface area contributed by atoms with Crippen molar-refractivity contribution in [2.75, 3.05) is 6.73 Å². The van der Waals surface area contributed by atoms with Crippen LogP contribution >= 0.6 is 23.2 Å². The van der Waals surface area contributed by atoms with Crippen LogP contribution in [-0.2, 0) is 15.1 Å². The van der Waals surface area contributed by atoms with Crippen LogP contribution in [0.25, 0.3) is 0 Å². The molecule has 2 aromatic carbocycles. The molecule has 0 N–H and O–H groups in total. The number of rotatable bonds is 3. The number of halogens is 2. The number of carbonyl (C=O) groups excluding carboxylic acids is 1. The van der Waals surface area contributed by atoms with Gasteiger partial charge in [0, 0.05) is 0 Å². The molecule has 1 heterocycles. The standard InChI is InChI=1S/C20H21Cl2NO2/c1-13-18(14-7-5-4-6-8-14)19(24)23(12-25-13)20(2,3)15-9-10-16(21)17(22)11-15/h4-11,13,18H,12H2,1-3H3. The van der Waals surface area contributed by atoms with Crippen LogP contribution in [0.3, 0.4) is 0 Å². The lowest BCUT2D eigenvalue weighted by molar-refractivity contribution is -0.168. The smallest absolute Gasteiger partial charge is 0.235 e. The van der Waals surface area contributed by atoms with E-state index in [0.717, 1.165) is 11.1 Å². The Hall–Kier alpha value is -1.55. The molecule has 1 aliphatic heterocycles. The van der Waals surface area contributed by atoms with Gasteiger partial charge >= 0.3 is 0 Å². The van der Waals surface area contributed by atoms with Gasteiger partial charge in [-0.25, -0.2) is 0 Å². The van der Waals surface area contributed by atoms with E-state index in [1.807, 2.05) is 63.2 Å². The molecular formula is C20H21Cl2NO2. The Balaban J connectivity index is 1.96. The molecule has 0 bridgehead atoms. The fourth-order valence-corrected chi connectivity index (χ4v) is 3.56. The van der Waals surface area contributed by atoms with E-state index >= 15 is 0 Å². The molecule has 1 saturated heterocycles. The molecule has 3 rings (SSSR count). The van der Waals surface area contributed by atoms with E-state index in [1.54, 1.807) is 11.0 Å². The van der Waals surface area contributed by atoms with E-state index in [4.69, 9.17) is 27.9 Å². The average molecular weight is 378 g/mol. The number of nitrogens with zero attached hydrogens (tertiary/aromatic N) is 1. The summed E-state index contributed by atoms with van der Waals surface area (Å²) in [5.74, 6) is -0.266. The Morgan fingerprint density at radius 3 is 2.40 bits per heavy atom. The molecule has 2 aromatic rings.